The molecule has 1 aliphatic rings. The van der Waals surface area contributed by atoms with Crippen molar-refractivity contribution in [1.29, 1.82) is 0 Å². The number of anilines is 1. The molecule has 6 heteroatoms. The lowest BCUT2D eigenvalue weighted by Crippen LogP contribution is -2.28. The van der Waals surface area contributed by atoms with Crippen LogP contribution in [0.1, 0.15) is 11.1 Å². The molecule has 124 valence electrons. The van der Waals surface area contributed by atoms with Gasteiger partial charge in [-0.1, -0.05) is 42.5 Å². The molecular weight excluding hydrogens is 310 g/mol. The van der Waals surface area contributed by atoms with Gasteiger partial charge in [0.25, 0.3) is 0 Å². The van der Waals surface area contributed by atoms with Crippen molar-refractivity contribution in [2.45, 2.75) is 13.0 Å². The molecule has 0 fully saturated rings. The third-order valence-electron chi connectivity index (χ3n) is 3.79. The summed E-state index contributed by atoms with van der Waals surface area (Å²) in [6.45, 7) is 0.254. The minimum atomic E-state index is -0.888. The lowest BCUT2D eigenvalue weighted by atomic mass is 9.96. The SMILES string of the molecule is O=C(Nc1cccc2c1OCC(C(=O)O)C2)OCc1ccccc1. The Balaban J connectivity index is 1.64. The fourth-order valence-corrected chi connectivity index (χ4v) is 2.55. The van der Waals surface area contributed by atoms with Crippen LogP contribution in [-0.2, 0) is 22.6 Å². The largest absolute Gasteiger partial charge is 0.490 e. The number of fused-ring (bicyclic) bond motifs is 1. The number of carbonyl (C=O) groups is 2. The average Bonchev–Trinajstić information content (AvgIpc) is 2.60. The Morgan fingerprint density at radius 2 is 1.96 bits per heavy atom. The number of rotatable bonds is 4. The summed E-state index contributed by atoms with van der Waals surface area (Å²) in [5, 5.41) is 11.7. The van der Waals surface area contributed by atoms with E-state index in [1.54, 1.807) is 18.2 Å². The van der Waals surface area contributed by atoms with Crippen LogP contribution < -0.4 is 10.1 Å². The Morgan fingerprint density at radius 1 is 1.17 bits per heavy atom. The van der Waals surface area contributed by atoms with Crippen LogP contribution in [0.15, 0.2) is 48.5 Å². The zero-order valence-corrected chi connectivity index (χ0v) is 12.9. The van der Waals surface area contributed by atoms with Crippen LogP contribution in [-0.4, -0.2) is 23.8 Å². The van der Waals surface area contributed by atoms with E-state index < -0.39 is 18.0 Å². The van der Waals surface area contributed by atoms with E-state index in [0.717, 1.165) is 11.1 Å². The van der Waals surface area contributed by atoms with Gasteiger partial charge in [0.1, 0.15) is 19.0 Å². The summed E-state index contributed by atoms with van der Waals surface area (Å²) in [4.78, 5) is 23.0. The quantitative estimate of drug-likeness (QED) is 0.901. The molecule has 0 spiro atoms. The van der Waals surface area contributed by atoms with Crippen LogP contribution in [0.25, 0.3) is 0 Å². The molecule has 0 aliphatic carbocycles. The Bertz CT molecular complexity index is 744. The molecule has 0 radical (unpaired) electrons. The number of hydrogen-bond donors (Lipinski definition) is 2. The third-order valence-corrected chi connectivity index (χ3v) is 3.79. The van der Waals surface area contributed by atoms with Gasteiger partial charge in [0.15, 0.2) is 0 Å². The number of benzene rings is 2. The third kappa shape index (κ3) is 3.65. The highest BCUT2D eigenvalue weighted by molar-refractivity contribution is 5.87. The number of nitrogens with one attached hydrogen (secondary N) is 1. The molecule has 0 aromatic heterocycles. The highest BCUT2D eigenvalue weighted by Crippen LogP contribution is 2.34. The molecule has 1 heterocycles. The summed E-state index contributed by atoms with van der Waals surface area (Å²) in [6.07, 6.45) is -0.213. The summed E-state index contributed by atoms with van der Waals surface area (Å²) >= 11 is 0. The number of carboxylic acids is 1. The van der Waals surface area contributed by atoms with E-state index in [-0.39, 0.29) is 13.2 Å². The maximum atomic E-state index is 12.0. The molecule has 1 aliphatic heterocycles. The smallest absolute Gasteiger partial charge is 0.412 e. The second-order valence-corrected chi connectivity index (χ2v) is 5.53. The number of carbonyl (C=O) groups excluding carboxylic acids is 1. The fourth-order valence-electron chi connectivity index (χ4n) is 2.55. The van der Waals surface area contributed by atoms with E-state index in [4.69, 9.17) is 14.6 Å². The molecule has 1 amide bonds. The molecular formula is C18H17NO5. The van der Waals surface area contributed by atoms with Crippen molar-refractivity contribution in [3.05, 3.63) is 59.7 Å². The van der Waals surface area contributed by atoms with E-state index in [1.165, 1.54) is 0 Å². The second-order valence-electron chi connectivity index (χ2n) is 5.53. The summed E-state index contributed by atoms with van der Waals surface area (Å²) in [6, 6.07) is 14.6. The minimum absolute atomic E-state index is 0.0834. The Hall–Kier alpha value is -3.02. The van der Waals surface area contributed by atoms with Crippen molar-refractivity contribution < 1.29 is 24.2 Å². The molecule has 24 heavy (non-hydrogen) atoms. The fraction of sp³-hybridized carbons (Fsp3) is 0.222. The first-order valence-corrected chi connectivity index (χ1v) is 7.58. The van der Waals surface area contributed by atoms with Crippen LogP contribution in [0.2, 0.25) is 0 Å². The molecule has 0 saturated heterocycles. The van der Waals surface area contributed by atoms with Crippen molar-refractivity contribution in [2.24, 2.45) is 5.92 Å². The molecule has 1 atom stereocenters. The van der Waals surface area contributed by atoms with Crippen molar-refractivity contribution in [2.75, 3.05) is 11.9 Å². The average molecular weight is 327 g/mol. The van der Waals surface area contributed by atoms with Crippen molar-refractivity contribution >= 4 is 17.7 Å². The highest BCUT2D eigenvalue weighted by Gasteiger charge is 2.27. The summed E-state index contributed by atoms with van der Waals surface area (Å²) < 4.78 is 10.7. The van der Waals surface area contributed by atoms with Gasteiger partial charge >= 0.3 is 12.1 Å². The van der Waals surface area contributed by atoms with Gasteiger partial charge in [0.05, 0.1) is 11.6 Å². The topological polar surface area (TPSA) is 84.9 Å². The number of ether oxygens (including phenoxy) is 2. The minimum Gasteiger partial charge on any atom is -0.490 e. The first-order chi connectivity index (χ1) is 11.6. The zero-order chi connectivity index (χ0) is 16.9. The van der Waals surface area contributed by atoms with Crippen LogP contribution in [0.3, 0.4) is 0 Å². The van der Waals surface area contributed by atoms with E-state index in [1.807, 2.05) is 30.3 Å². The van der Waals surface area contributed by atoms with Crippen LogP contribution in [0, 0.1) is 5.92 Å². The van der Waals surface area contributed by atoms with Crippen molar-refractivity contribution in [3.63, 3.8) is 0 Å². The van der Waals surface area contributed by atoms with Gasteiger partial charge in [-0.05, 0) is 23.6 Å². The van der Waals surface area contributed by atoms with Gasteiger partial charge < -0.3 is 14.6 Å². The molecule has 2 N–H and O–H groups in total. The normalized spacial score (nSPS) is 15.8. The van der Waals surface area contributed by atoms with Gasteiger partial charge in [-0.2, -0.15) is 0 Å². The monoisotopic (exact) mass is 327 g/mol. The van der Waals surface area contributed by atoms with Crippen LogP contribution in [0.4, 0.5) is 10.5 Å². The van der Waals surface area contributed by atoms with E-state index >= 15 is 0 Å². The first kappa shape index (κ1) is 15.9. The summed E-state index contributed by atoms with van der Waals surface area (Å²) in [5.74, 6) is -0.953. The molecule has 3 rings (SSSR count). The Labute approximate surface area is 139 Å². The van der Waals surface area contributed by atoms with Gasteiger partial charge in [-0.15, -0.1) is 0 Å². The van der Waals surface area contributed by atoms with Gasteiger partial charge in [-0.3, -0.25) is 10.1 Å². The maximum absolute atomic E-state index is 12.0. The number of aliphatic carboxylic acids is 1. The second kappa shape index (κ2) is 7.04. The summed E-state index contributed by atoms with van der Waals surface area (Å²) in [5.41, 5.74) is 2.13. The van der Waals surface area contributed by atoms with Gasteiger partial charge in [0.2, 0.25) is 0 Å². The molecule has 2 aromatic rings. The molecule has 0 saturated carbocycles. The zero-order valence-electron chi connectivity index (χ0n) is 12.9. The van der Waals surface area contributed by atoms with E-state index in [9.17, 15) is 9.59 Å². The molecule has 0 bridgehead atoms. The first-order valence-electron chi connectivity index (χ1n) is 7.58. The Morgan fingerprint density at radius 3 is 2.71 bits per heavy atom. The standard InChI is InChI=1S/C18H17NO5/c20-17(21)14-9-13-7-4-8-15(16(13)23-11-14)19-18(22)24-10-12-5-2-1-3-6-12/h1-8,14H,9-11H2,(H,19,22)(H,20,21). The van der Waals surface area contributed by atoms with Crippen molar-refractivity contribution in [1.82, 2.24) is 0 Å². The maximum Gasteiger partial charge on any atom is 0.412 e. The molecule has 6 nitrogen and oxygen atoms in total. The Kier molecular flexibility index (Phi) is 4.65. The van der Waals surface area contributed by atoms with Crippen LogP contribution >= 0.6 is 0 Å². The van der Waals surface area contributed by atoms with Gasteiger partial charge in [-0.25, -0.2) is 4.79 Å². The molecule has 2 aromatic carbocycles. The lowest BCUT2D eigenvalue weighted by molar-refractivity contribution is -0.143. The summed E-state index contributed by atoms with van der Waals surface area (Å²) in [7, 11) is 0. The number of para-hydroxylation sites is 1. The number of amides is 1. The lowest BCUT2D eigenvalue weighted by Gasteiger charge is -2.24. The number of carboxylic acid groups (broad SMARTS) is 1. The van der Waals surface area contributed by atoms with Crippen LogP contribution in [0.5, 0.6) is 5.75 Å². The predicted octanol–water partition coefficient (Wildman–Crippen LogP) is 3.07. The number of hydrogen-bond acceptors (Lipinski definition) is 4. The predicted molar refractivity (Wildman–Crippen MR) is 87.0 cm³/mol. The molecule has 1 unspecified atom stereocenters. The van der Waals surface area contributed by atoms with Crippen molar-refractivity contribution in [3.8, 4) is 5.75 Å². The van der Waals surface area contributed by atoms with E-state index in [2.05, 4.69) is 5.32 Å². The highest BCUT2D eigenvalue weighted by atomic mass is 16.5. The van der Waals surface area contributed by atoms with Gasteiger partial charge in [0, 0.05) is 0 Å². The van der Waals surface area contributed by atoms with E-state index in [0.29, 0.717) is 17.9 Å².